The monoisotopic (exact) mass is 375 g/mol. The van der Waals surface area contributed by atoms with E-state index < -0.39 is 0 Å². The van der Waals surface area contributed by atoms with Gasteiger partial charge in [-0.2, -0.15) is 0 Å². The standard InChI is InChI=1S/C18H18ClN3O2S/c1-11-12(2)25-17-16(11)18(24)22(10-20-17)9-15(23)21(3)8-13-4-6-14(19)7-5-13/h4-7,10H,8-9H2,1-3H3. The fourth-order valence-electron chi connectivity index (χ4n) is 2.60. The molecule has 0 aliphatic rings. The third-order valence-corrected chi connectivity index (χ3v) is 5.59. The van der Waals surface area contributed by atoms with Crippen LogP contribution in [0.25, 0.3) is 10.2 Å². The number of rotatable bonds is 4. The molecule has 5 nitrogen and oxygen atoms in total. The number of carbonyl (C=O) groups excluding carboxylic acids is 1. The molecule has 1 aromatic carbocycles. The van der Waals surface area contributed by atoms with E-state index in [1.807, 2.05) is 26.0 Å². The molecule has 0 bridgehead atoms. The Morgan fingerprint density at radius 2 is 1.96 bits per heavy atom. The minimum absolute atomic E-state index is 0.0276. The van der Waals surface area contributed by atoms with Crippen LogP contribution in [0.15, 0.2) is 35.4 Å². The van der Waals surface area contributed by atoms with E-state index in [1.165, 1.54) is 22.2 Å². The number of amides is 1. The first-order valence-electron chi connectivity index (χ1n) is 7.80. The molecule has 7 heteroatoms. The predicted octanol–water partition coefficient (Wildman–Crippen LogP) is 3.39. The van der Waals surface area contributed by atoms with Crippen molar-refractivity contribution in [3.63, 3.8) is 0 Å². The zero-order valence-corrected chi connectivity index (χ0v) is 15.8. The topological polar surface area (TPSA) is 55.2 Å². The fraction of sp³-hybridized carbons (Fsp3) is 0.278. The van der Waals surface area contributed by atoms with Crippen LogP contribution in [0.3, 0.4) is 0 Å². The van der Waals surface area contributed by atoms with Crippen molar-refractivity contribution in [2.45, 2.75) is 26.9 Å². The van der Waals surface area contributed by atoms with Gasteiger partial charge >= 0.3 is 0 Å². The highest BCUT2D eigenvalue weighted by atomic mass is 35.5. The van der Waals surface area contributed by atoms with Gasteiger partial charge < -0.3 is 4.90 Å². The zero-order chi connectivity index (χ0) is 18.1. The molecule has 25 heavy (non-hydrogen) atoms. The lowest BCUT2D eigenvalue weighted by molar-refractivity contribution is -0.131. The van der Waals surface area contributed by atoms with Crippen LogP contribution in [-0.4, -0.2) is 27.4 Å². The Bertz CT molecular complexity index is 992. The molecule has 0 atom stereocenters. The number of carbonyl (C=O) groups is 1. The molecule has 0 fully saturated rings. The maximum Gasteiger partial charge on any atom is 0.262 e. The van der Waals surface area contributed by atoms with Crippen molar-refractivity contribution in [2.75, 3.05) is 7.05 Å². The Balaban J connectivity index is 1.79. The number of benzene rings is 1. The smallest absolute Gasteiger partial charge is 0.262 e. The summed E-state index contributed by atoms with van der Waals surface area (Å²) in [4.78, 5) is 32.8. The van der Waals surface area contributed by atoms with Gasteiger partial charge in [-0.15, -0.1) is 11.3 Å². The van der Waals surface area contributed by atoms with E-state index >= 15 is 0 Å². The molecular formula is C18H18ClN3O2S. The molecule has 0 unspecified atom stereocenters. The minimum atomic E-state index is -0.167. The minimum Gasteiger partial charge on any atom is -0.340 e. The highest BCUT2D eigenvalue weighted by Gasteiger charge is 2.15. The van der Waals surface area contributed by atoms with E-state index in [1.54, 1.807) is 24.1 Å². The van der Waals surface area contributed by atoms with Gasteiger partial charge in [0.15, 0.2) is 0 Å². The van der Waals surface area contributed by atoms with Crippen LogP contribution in [0.1, 0.15) is 16.0 Å². The first kappa shape index (κ1) is 17.6. The molecule has 3 aromatic rings. The van der Waals surface area contributed by atoms with Crippen LogP contribution in [0.5, 0.6) is 0 Å². The Kier molecular flexibility index (Phi) is 4.92. The summed E-state index contributed by atoms with van der Waals surface area (Å²) in [6.07, 6.45) is 1.45. The van der Waals surface area contributed by atoms with Gasteiger partial charge in [-0.1, -0.05) is 23.7 Å². The summed E-state index contributed by atoms with van der Waals surface area (Å²) in [5.41, 5.74) is 1.75. The average molecular weight is 376 g/mol. The zero-order valence-electron chi connectivity index (χ0n) is 14.2. The summed E-state index contributed by atoms with van der Waals surface area (Å²) >= 11 is 7.37. The summed E-state index contributed by atoms with van der Waals surface area (Å²) < 4.78 is 1.38. The first-order chi connectivity index (χ1) is 11.9. The molecule has 0 N–H and O–H groups in total. The quantitative estimate of drug-likeness (QED) is 0.702. The van der Waals surface area contributed by atoms with Crippen LogP contribution in [0, 0.1) is 13.8 Å². The second kappa shape index (κ2) is 6.98. The number of hydrogen-bond acceptors (Lipinski definition) is 4. The molecule has 0 aliphatic heterocycles. The molecule has 0 aliphatic carbocycles. The SMILES string of the molecule is Cc1sc2ncn(CC(=O)N(C)Cc3ccc(Cl)cc3)c(=O)c2c1C. The molecule has 0 saturated carbocycles. The average Bonchev–Trinajstić information content (AvgIpc) is 2.87. The number of likely N-dealkylation sites (N-methyl/N-ethyl adjacent to an activating group) is 1. The van der Waals surface area contributed by atoms with E-state index in [9.17, 15) is 9.59 Å². The third kappa shape index (κ3) is 3.60. The molecule has 3 rings (SSSR count). The summed E-state index contributed by atoms with van der Waals surface area (Å²) in [7, 11) is 1.72. The number of aromatic nitrogens is 2. The number of fused-ring (bicyclic) bond motifs is 1. The number of halogens is 1. The number of aryl methyl sites for hydroxylation is 2. The molecule has 0 radical (unpaired) electrons. The van der Waals surface area contributed by atoms with Crippen molar-refractivity contribution in [1.82, 2.24) is 14.5 Å². The number of nitrogens with zero attached hydrogens (tertiary/aromatic N) is 3. The van der Waals surface area contributed by atoms with Crippen LogP contribution in [0.2, 0.25) is 5.02 Å². The lowest BCUT2D eigenvalue weighted by Crippen LogP contribution is -2.33. The second-order valence-corrected chi connectivity index (χ2v) is 7.66. The van der Waals surface area contributed by atoms with Crippen LogP contribution in [-0.2, 0) is 17.9 Å². The highest BCUT2D eigenvalue weighted by molar-refractivity contribution is 7.18. The first-order valence-corrected chi connectivity index (χ1v) is 9.00. The van der Waals surface area contributed by atoms with Gasteiger partial charge in [0.25, 0.3) is 5.56 Å². The Labute approximate surface area is 154 Å². The van der Waals surface area contributed by atoms with E-state index in [0.29, 0.717) is 17.0 Å². The Morgan fingerprint density at radius 3 is 2.64 bits per heavy atom. The highest BCUT2D eigenvalue weighted by Crippen LogP contribution is 2.25. The molecular weight excluding hydrogens is 358 g/mol. The lowest BCUT2D eigenvalue weighted by Gasteiger charge is -2.18. The van der Waals surface area contributed by atoms with Crippen LogP contribution in [0.4, 0.5) is 0 Å². The summed E-state index contributed by atoms with van der Waals surface area (Å²) in [5, 5.41) is 1.27. The number of thiophene rings is 1. The normalized spacial score (nSPS) is 11.0. The van der Waals surface area contributed by atoms with Crippen molar-refractivity contribution in [1.29, 1.82) is 0 Å². The number of hydrogen-bond donors (Lipinski definition) is 0. The van der Waals surface area contributed by atoms with Crippen molar-refractivity contribution >= 4 is 39.1 Å². The van der Waals surface area contributed by atoms with Gasteiger partial charge in [-0.25, -0.2) is 4.98 Å². The van der Waals surface area contributed by atoms with Crippen molar-refractivity contribution in [3.05, 3.63) is 62.0 Å². The molecule has 1 amide bonds. The summed E-state index contributed by atoms with van der Waals surface area (Å²) in [6, 6.07) is 7.34. The third-order valence-electron chi connectivity index (χ3n) is 4.22. The van der Waals surface area contributed by atoms with E-state index in [4.69, 9.17) is 11.6 Å². The van der Waals surface area contributed by atoms with Gasteiger partial charge in [0.05, 0.1) is 11.7 Å². The van der Waals surface area contributed by atoms with Gasteiger partial charge in [0.1, 0.15) is 11.4 Å². The summed E-state index contributed by atoms with van der Waals surface area (Å²) in [5.74, 6) is -0.150. The van der Waals surface area contributed by atoms with Gasteiger partial charge in [0.2, 0.25) is 5.91 Å². The van der Waals surface area contributed by atoms with Gasteiger partial charge in [-0.05, 0) is 37.1 Å². The lowest BCUT2D eigenvalue weighted by atomic mass is 10.2. The second-order valence-electron chi connectivity index (χ2n) is 6.02. The molecule has 130 valence electrons. The predicted molar refractivity (Wildman–Crippen MR) is 101 cm³/mol. The van der Waals surface area contributed by atoms with Crippen molar-refractivity contribution < 1.29 is 4.79 Å². The van der Waals surface area contributed by atoms with E-state index in [0.717, 1.165) is 20.8 Å². The van der Waals surface area contributed by atoms with Gasteiger partial charge in [0, 0.05) is 23.5 Å². The fourth-order valence-corrected chi connectivity index (χ4v) is 3.71. The maximum atomic E-state index is 12.7. The van der Waals surface area contributed by atoms with Crippen molar-refractivity contribution in [2.24, 2.45) is 0 Å². The van der Waals surface area contributed by atoms with E-state index in [2.05, 4.69) is 4.98 Å². The maximum absolute atomic E-state index is 12.7. The Morgan fingerprint density at radius 1 is 1.28 bits per heavy atom. The molecule has 0 saturated heterocycles. The summed E-state index contributed by atoms with van der Waals surface area (Å²) in [6.45, 7) is 4.31. The molecule has 2 aromatic heterocycles. The molecule has 2 heterocycles. The van der Waals surface area contributed by atoms with Gasteiger partial charge in [-0.3, -0.25) is 14.2 Å². The largest absolute Gasteiger partial charge is 0.340 e. The molecule has 0 spiro atoms. The van der Waals surface area contributed by atoms with E-state index in [-0.39, 0.29) is 18.0 Å². The van der Waals surface area contributed by atoms with Crippen molar-refractivity contribution in [3.8, 4) is 0 Å². The van der Waals surface area contributed by atoms with Crippen LogP contribution >= 0.6 is 22.9 Å². The van der Waals surface area contributed by atoms with Crippen LogP contribution < -0.4 is 5.56 Å². The Hall–Kier alpha value is -2.18.